The number of ether oxygens (including phenoxy) is 2. The van der Waals surface area contributed by atoms with E-state index in [1.165, 1.54) is 0 Å². The minimum atomic E-state index is -0.224. The van der Waals surface area contributed by atoms with Gasteiger partial charge < -0.3 is 14.8 Å². The Morgan fingerprint density at radius 1 is 1.00 bits per heavy atom. The van der Waals surface area contributed by atoms with E-state index in [9.17, 15) is 4.79 Å². The first-order chi connectivity index (χ1) is 12.1. The van der Waals surface area contributed by atoms with Crippen LogP contribution in [0, 0.1) is 6.92 Å². The van der Waals surface area contributed by atoms with Gasteiger partial charge in [-0.05, 0) is 54.4 Å². The third-order valence-electron chi connectivity index (χ3n) is 4.00. The van der Waals surface area contributed by atoms with Crippen molar-refractivity contribution in [2.75, 3.05) is 19.0 Å². The number of amides is 1. The fraction of sp³-hybridized carbons (Fsp3) is 0.190. The van der Waals surface area contributed by atoms with Crippen molar-refractivity contribution in [1.82, 2.24) is 0 Å². The normalized spacial score (nSPS) is 10.5. The molecule has 0 aromatic heterocycles. The molecule has 0 bridgehead atoms. The van der Waals surface area contributed by atoms with E-state index in [0.29, 0.717) is 29.4 Å². The first-order valence-corrected chi connectivity index (χ1v) is 8.24. The summed E-state index contributed by atoms with van der Waals surface area (Å²) in [4.78, 5) is 12.9. The second-order valence-corrected chi connectivity index (χ2v) is 5.79. The summed E-state index contributed by atoms with van der Waals surface area (Å²) in [6, 6.07) is 17.3. The minimum Gasteiger partial charge on any atom is -0.495 e. The fourth-order valence-corrected chi connectivity index (χ4v) is 2.78. The molecular formula is C21H21NO3. The van der Waals surface area contributed by atoms with E-state index in [1.54, 1.807) is 7.11 Å². The van der Waals surface area contributed by atoms with Gasteiger partial charge in [0.25, 0.3) is 5.91 Å². The van der Waals surface area contributed by atoms with E-state index in [1.807, 2.05) is 68.4 Å². The van der Waals surface area contributed by atoms with Crippen LogP contribution in [0.5, 0.6) is 11.5 Å². The molecule has 0 aliphatic heterocycles. The van der Waals surface area contributed by atoms with Crippen molar-refractivity contribution in [1.29, 1.82) is 0 Å². The van der Waals surface area contributed by atoms with E-state index >= 15 is 0 Å². The number of hydrogen-bond acceptors (Lipinski definition) is 3. The number of hydrogen-bond donors (Lipinski definition) is 1. The average molecular weight is 335 g/mol. The second-order valence-electron chi connectivity index (χ2n) is 5.79. The Bertz CT molecular complexity index is 918. The summed E-state index contributed by atoms with van der Waals surface area (Å²) in [5, 5.41) is 4.97. The van der Waals surface area contributed by atoms with Crippen LogP contribution in [-0.2, 0) is 0 Å². The maximum Gasteiger partial charge on any atom is 0.259 e. The molecule has 4 heteroatoms. The number of rotatable bonds is 5. The molecule has 3 aromatic rings. The quantitative estimate of drug-likeness (QED) is 0.728. The first-order valence-electron chi connectivity index (χ1n) is 8.24. The van der Waals surface area contributed by atoms with E-state index in [2.05, 4.69) is 5.32 Å². The summed E-state index contributed by atoms with van der Waals surface area (Å²) in [7, 11) is 1.59. The van der Waals surface area contributed by atoms with Gasteiger partial charge in [-0.3, -0.25) is 4.79 Å². The van der Waals surface area contributed by atoms with E-state index in [-0.39, 0.29) is 5.91 Å². The van der Waals surface area contributed by atoms with Gasteiger partial charge in [0.2, 0.25) is 0 Å². The fourth-order valence-electron chi connectivity index (χ4n) is 2.78. The van der Waals surface area contributed by atoms with Crippen LogP contribution in [0.15, 0.2) is 54.6 Å². The third-order valence-corrected chi connectivity index (χ3v) is 4.00. The number of carbonyl (C=O) groups is 1. The lowest BCUT2D eigenvalue weighted by molar-refractivity contribution is 0.102. The molecule has 0 saturated carbocycles. The highest BCUT2D eigenvalue weighted by molar-refractivity contribution is 6.09. The van der Waals surface area contributed by atoms with Crippen molar-refractivity contribution < 1.29 is 14.3 Å². The molecule has 4 nitrogen and oxygen atoms in total. The molecule has 0 aliphatic rings. The Kier molecular flexibility index (Phi) is 4.89. The summed E-state index contributed by atoms with van der Waals surface area (Å²) in [6.45, 7) is 4.36. The van der Waals surface area contributed by atoms with Crippen molar-refractivity contribution in [3.8, 4) is 11.5 Å². The van der Waals surface area contributed by atoms with Gasteiger partial charge in [0.05, 0.1) is 25.0 Å². The number of methoxy groups -OCH3 is 1. The van der Waals surface area contributed by atoms with Crippen molar-refractivity contribution in [3.63, 3.8) is 0 Å². The van der Waals surface area contributed by atoms with Crippen LogP contribution in [-0.4, -0.2) is 19.6 Å². The molecule has 0 saturated heterocycles. The van der Waals surface area contributed by atoms with E-state index in [4.69, 9.17) is 9.47 Å². The van der Waals surface area contributed by atoms with E-state index < -0.39 is 0 Å². The predicted molar refractivity (Wildman–Crippen MR) is 101 cm³/mol. The Labute approximate surface area is 147 Å². The van der Waals surface area contributed by atoms with Crippen LogP contribution < -0.4 is 14.8 Å². The Hall–Kier alpha value is -3.01. The van der Waals surface area contributed by atoms with Crippen LogP contribution in [0.25, 0.3) is 10.8 Å². The maximum absolute atomic E-state index is 12.9. The zero-order valence-corrected chi connectivity index (χ0v) is 14.6. The summed E-state index contributed by atoms with van der Waals surface area (Å²) in [5.41, 5.74) is 2.19. The number of aryl methyl sites for hydroxylation is 1. The lowest BCUT2D eigenvalue weighted by Gasteiger charge is -2.14. The van der Waals surface area contributed by atoms with Gasteiger partial charge in [0, 0.05) is 0 Å². The number of nitrogens with one attached hydrogen (secondary N) is 1. The molecule has 1 amide bonds. The van der Waals surface area contributed by atoms with Gasteiger partial charge in [-0.2, -0.15) is 0 Å². The van der Waals surface area contributed by atoms with E-state index in [0.717, 1.165) is 16.3 Å². The van der Waals surface area contributed by atoms with Gasteiger partial charge in [-0.15, -0.1) is 0 Å². The van der Waals surface area contributed by atoms with Gasteiger partial charge in [-0.1, -0.05) is 30.3 Å². The van der Waals surface area contributed by atoms with Crippen LogP contribution >= 0.6 is 0 Å². The van der Waals surface area contributed by atoms with Gasteiger partial charge in [-0.25, -0.2) is 0 Å². The Morgan fingerprint density at radius 2 is 1.72 bits per heavy atom. The molecule has 25 heavy (non-hydrogen) atoms. The average Bonchev–Trinajstić information content (AvgIpc) is 2.61. The molecule has 0 unspecified atom stereocenters. The minimum absolute atomic E-state index is 0.224. The molecule has 0 radical (unpaired) electrons. The molecule has 0 fully saturated rings. The maximum atomic E-state index is 12.9. The summed E-state index contributed by atoms with van der Waals surface area (Å²) in [6.07, 6.45) is 0. The lowest BCUT2D eigenvalue weighted by Crippen LogP contribution is -2.14. The zero-order valence-electron chi connectivity index (χ0n) is 14.6. The number of anilines is 1. The van der Waals surface area contributed by atoms with Crippen LogP contribution in [0.1, 0.15) is 22.8 Å². The predicted octanol–water partition coefficient (Wildman–Crippen LogP) is 4.81. The largest absolute Gasteiger partial charge is 0.495 e. The Balaban J connectivity index is 2.01. The molecule has 0 aliphatic carbocycles. The summed E-state index contributed by atoms with van der Waals surface area (Å²) < 4.78 is 11.0. The molecule has 1 N–H and O–H groups in total. The standard InChI is InChI=1S/C21H21NO3/c1-4-25-20-13-16-8-6-5-7-15(16)12-17(20)21(23)22-18-11-14(2)9-10-19(18)24-3/h5-13H,4H2,1-3H3,(H,22,23). The van der Waals surface area contributed by atoms with Gasteiger partial charge in [0.1, 0.15) is 11.5 Å². The number of benzene rings is 3. The van der Waals surface area contributed by atoms with Crippen molar-refractivity contribution in [2.24, 2.45) is 0 Å². The monoisotopic (exact) mass is 335 g/mol. The molecule has 128 valence electrons. The molecule has 0 heterocycles. The molecule has 3 rings (SSSR count). The van der Waals surface area contributed by atoms with Crippen LogP contribution in [0.3, 0.4) is 0 Å². The third kappa shape index (κ3) is 3.58. The highest BCUT2D eigenvalue weighted by atomic mass is 16.5. The number of carbonyl (C=O) groups excluding carboxylic acids is 1. The highest BCUT2D eigenvalue weighted by Crippen LogP contribution is 2.30. The zero-order chi connectivity index (χ0) is 17.8. The topological polar surface area (TPSA) is 47.6 Å². The Morgan fingerprint density at radius 3 is 2.40 bits per heavy atom. The molecule has 0 spiro atoms. The smallest absolute Gasteiger partial charge is 0.259 e. The summed E-state index contributed by atoms with van der Waals surface area (Å²) in [5.74, 6) is 0.973. The lowest BCUT2D eigenvalue weighted by atomic mass is 10.0. The van der Waals surface area contributed by atoms with Crippen LogP contribution in [0.2, 0.25) is 0 Å². The van der Waals surface area contributed by atoms with Crippen LogP contribution in [0.4, 0.5) is 5.69 Å². The van der Waals surface area contributed by atoms with Gasteiger partial charge >= 0.3 is 0 Å². The summed E-state index contributed by atoms with van der Waals surface area (Å²) >= 11 is 0. The molecule has 0 atom stereocenters. The molecule has 3 aromatic carbocycles. The van der Waals surface area contributed by atoms with Gasteiger partial charge in [0.15, 0.2) is 0 Å². The van der Waals surface area contributed by atoms with Crippen molar-refractivity contribution in [2.45, 2.75) is 13.8 Å². The first kappa shape index (κ1) is 16.8. The molecular weight excluding hydrogens is 314 g/mol. The van der Waals surface area contributed by atoms with Crippen molar-refractivity contribution in [3.05, 3.63) is 65.7 Å². The van der Waals surface area contributed by atoms with Crippen molar-refractivity contribution >= 4 is 22.4 Å². The second kappa shape index (κ2) is 7.26. The highest BCUT2D eigenvalue weighted by Gasteiger charge is 2.16. The number of fused-ring (bicyclic) bond motifs is 1. The SMILES string of the molecule is CCOc1cc2ccccc2cc1C(=O)Nc1cc(C)ccc1OC.